The van der Waals surface area contributed by atoms with E-state index >= 15 is 0 Å². The second-order valence-electron chi connectivity index (χ2n) is 4.41. The van der Waals surface area contributed by atoms with Crippen molar-refractivity contribution in [3.05, 3.63) is 64.4 Å². The Morgan fingerprint density at radius 2 is 1.84 bits per heavy atom. The molecule has 0 aliphatic heterocycles. The number of fused-ring (bicyclic) bond motifs is 1. The second-order valence-corrected chi connectivity index (χ2v) is 4.81. The average Bonchev–Trinajstić information content (AvgIpc) is 2.41. The lowest BCUT2D eigenvalue weighted by Gasteiger charge is -2.10. The predicted octanol–water partition coefficient (Wildman–Crippen LogP) is 2.98. The van der Waals surface area contributed by atoms with Gasteiger partial charge in [-0.3, -0.25) is 9.36 Å². The molecule has 0 radical (unpaired) electrons. The maximum atomic E-state index is 12.6. The van der Waals surface area contributed by atoms with Crippen LogP contribution >= 0.6 is 12.6 Å². The third-order valence-electron chi connectivity index (χ3n) is 3.02. The number of para-hydroxylation sites is 1. The van der Waals surface area contributed by atoms with Crippen LogP contribution in [0, 0.1) is 6.92 Å². The molecule has 3 aromatic rings. The predicted molar refractivity (Wildman–Crippen MR) is 79.3 cm³/mol. The minimum Gasteiger partial charge on any atom is -0.268 e. The highest BCUT2D eigenvalue weighted by atomic mass is 32.1. The van der Waals surface area contributed by atoms with E-state index in [1.165, 1.54) is 4.57 Å². The standard InChI is InChI=1S/C15H12N2OS/c1-10-7-8-13-12(9-10)14(18)17(15(19)16-13)11-5-3-2-4-6-11/h2-9H,1H3,(H,16,19). The first-order valence-electron chi connectivity index (χ1n) is 5.94. The van der Waals surface area contributed by atoms with Crippen molar-refractivity contribution in [1.82, 2.24) is 9.55 Å². The number of thiol groups is 1. The van der Waals surface area contributed by atoms with Gasteiger partial charge in [-0.2, -0.15) is 0 Å². The molecule has 0 aliphatic rings. The Labute approximate surface area is 116 Å². The van der Waals surface area contributed by atoms with Crippen LogP contribution in [0.25, 0.3) is 16.6 Å². The summed E-state index contributed by atoms with van der Waals surface area (Å²) in [6, 6.07) is 15.1. The van der Waals surface area contributed by atoms with Gasteiger partial charge in [0.15, 0.2) is 5.16 Å². The highest BCUT2D eigenvalue weighted by Gasteiger charge is 2.10. The Kier molecular flexibility index (Phi) is 2.87. The fourth-order valence-electron chi connectivity index (χ4n) is 2.10. The molecule has 3 rings (SSSR count). The van der Waals surface area contributed by atoms with Crippen LogP contribution in [0.15, 0.2) is 58.5 Å². The van der Waals surface area contributed by atoms with Gasteiger partial charge in [0.05, 0.1) is 16.6 Å². The van der Waals surface area contributed by atoms with E-state index in [4.69, 9.17) is 0 Å². The minimum absolute atomic E-state index is 0.0927. The van der Waals surface area contributed by atoms with E-state index in [0.29, 0.717) is 16.1 Å². The highest BCUT2D eigenvalue weighted by molar-refractivity contribution is 7.80. The van der Waals surface area contributed by atoms with Crippen molar-refractivity contribution in [3.63, 3.8) is 0 Å². The first-order chi connectivity index (χ1) is 9.16. The lowest BCUT2D eigenvalue weighted by atomic mass is 10.1. The number of nitrogens with zero attached hydrogens (tertiary/aromatic N) is 2. The van der Waals surface area contributed by atoms with Gasteiger partial charge < -0.3 is 0 Å². The van der Waals surface area contributed by atoms with Crippen molar-refractivity contribution in [2.75, 3.05) is 0 Å². The smallest absolute Gasteiger partial charge is 0.266 e. The Hall–Kier alpha value is -2.07. The topological polar surface area (TPSA) is 34.9 Å². The van der Waals surface area contributed by atoms with Crippen LogP contribution in [-0.4, -0.2) is 9.55 Å². The first kappa shape index (κ1) is 12.0. The molecule has 0 aliphatic carbocycles. The molecule has 19 heavy (non-hydrogen) atoms. The van der Waals surface area contributed by atoms with Gasteiger partial charge in [-0.15, -0.1) is 12.6 Å². The van der Waals surface area contributed by atoms with Gasteiger partial charge in [-0.1, -0.05) is 29.8 Å². The summed E-state index contributed by atoms with van der Waals surface area (Å²) in [6.07, 6.45) is 0. The van der Waals surface area contributed by atoms with Gasteiger partial charge in [-0.05, 0) is 31.2 Å². The summed E-state index contributed by atoms with van der Waals surface area (Å²) in [4.78, 5) is 17.0. The van der Waals surface area contributed by atoms with Crippen LogP contribution in [0.5, 0.6) is 0 Å². The van der Waals surface area contributed by atoms with E-state index in [1.54, 1.807) is 0 Å². The fraction of sp³-hybridized carbons (Fsp3) is 0.0667. The number of benzene rings is 2. The number of rotatable bonds is 1. The number of aryl methyl sites for hydroxylation is 1. The zero-order chi connectivity index (χ0) is 13.4. The zero-order valence-electron chi connectivity index (χ0n) is 10.4. The third kappa shape index (κ3) is 2.04. The quantitative estimate of drug-likeness (QED) is 0.544. The molecule has 0 N–H and O–H groups in total. The largest absolute Gasteiger partial charge is 0.268 e. The van der Waals surface area contributed by atoms with Crippen molar-refractivity contribution in [2.24, 2.45) is 0 Å². The molecule has 1 aromatic heterocycles. The van der Waals surface area contributed by atoms with Crippen molar-refractivity contribution in [2.45, 2.75) is 12.1 Å². The van der Waals surface area contributed by atoms with Crippen LogP contribution in [0.2, 0.25) is 0 Å². The maximum absolute atomic E-state index is 12.6. The molecule has 0 fully saturated rings. The monoisotopic (exact) mass is 268 g/mol. The molecule has 2 aromatic carbocycles. The van der Waals surface area contributed by atoms with Gasteiger partial charge in [0.1, 0.15) is 0 Å². The van der Waals surface area contributed by atoms with Crippen LogP contribution in [0.1, 0.15) is 5.56 Å². The van der Waals surface area contributed by atoms with E-state index in [2.05, 4.69) is 17.6 Å². The molecule has 0 saturated heterocycles. The van der Waals surface area contributed by atoms with Gasteiger partial charge >= 0.3 is 0 Å². The Bertz CT molecular complexity index is 809. The summed E-state index contributed by atoms with van der Waals surface area (Å²) < 4.78 is 1.52. The van der Waals surface area contributed by atoms with E-state index in [9.17, 15) is 4.79 Å². The molecule has 0 amide bonds. The van der Waals surface area contributed by atoms with E-state index < -0.39 is 0 Å². The van der Waals surface area contributed by atoms with Crippen LogP contribution in [0.4, 0.5) is 0 Å². The number of hydrogen-bond donors (Lipinski definition) is 1. The summed E-state index contributed by atoms with van der Waals surface area (Å²) in [7, 11) is 0. The minimum atomic E-state index is -0.0927. The molecule has 0 saturated carbocycles. The summed E-state index contributed by atoms with van der Waals surface area (Å²) in [5, 5.41) is 1.01. The Morgan fingerprint density at radius 1 is 1.11 bits per heavy atom. The third-order valence-corrected chi connectivity index (χ3v) is 3.32. The van der Waals surface area contributed by atoms with Crippen molar-refractivity contribution in [3.8, 4) is 5.69 Å². The lowest BCUT2D eigenvalue weighted by Crippen LogP contribution is -2.21. The summed E-state index contributed by atoms with van der Waals surface area (Å²) in [5.41, 5.74) is 2.39. The summed E-state index contributed by atoms with van der Waals surface area (Å²) >= 11 is 4.33. The molecule has 4 heteroatoms. The van der Waals surface area contributed by atoms with Gasteiger partial charge in [-0.25, -0.2) is 4.98 Å². The Balaban J connectivity index is 2.41. The Morgan fingerprint density at radius 3 is 2.58 bits per heavy atom. The number of hydrogen-bond acceptors (Lipinski definition) is 3. The molecule has 3 nitrogen and oxygen atoms in total. The SMILES string of the molecule is Cc1ccc2nc(S)n(-c3ccccc3)c(=O)c2c1. The van der Waals surface area contributed by atoms with E-state index in [1.807, 2.05) is 55.5 Å². The van der Waals surface area contributed by atoms with Gasteiger partial charge in [0.2, 0.25) is 0 Å². The lowest BCUT2D eigenvalue weighted by molar-refractivity contribution is 0.824. The zero-order valence-corrected chi connectivity index (χ0v) is 11.3. The highest BCUT2D eigenvalue weighted by Crippen LogP contribution is 2.16. The van der Waals surface area contributed by atoms with Crippen molar-refractivity contribution < 1.29 is 0 Å². The van der Waals surface area contributed by atoms with Crippen LogP contribution in [0.3, 0.4) is 0 Å². The van der Waals surface area contributed by atoms with Gasteiger partial charge in [0, 0.05) is 0 Å². The molecular weight excluding hydrogens is 256 g/mol. The van der Waals surface area contributed by atoms with E-state index in [-0.39, 0.29) is 5.56 Å². The van der Waals surface area contributed by atoms with Crippen LogP contribution < -0.4 is 5.56 Å². The molecular formula is C15H12N2OS. The first-order valence-corrected chi connectivity index (χ1v) is 6.39. The molecule has 0 atom stereocenters. The average molecular weight is 268 g/mol. The van der Waals surface area contributed by atoms with Gasteiger partial charge in [0.25, 0.3) is 5.56 Å². The van der Waals surface area contributed by atoms with Crippen molar-refractivity contribution in [1.29, 1.82) is 0 Å². The normalized spacial score (nSPS) is 10.8. The fourth-order valence-corrected chi connectivity index (χ4v) is 2.41. The number of aromatic nitrogens is 2. The maximum Gasteiger partial charge on any atom is 0.266 e. The summed E-state index contributed by atoms with van der Waals surface area (Å²) in [5.74, 6) is 0. The molecule has 0 unspecified atom stereocenters. The van der Waals surface area contributed by atoms with Crippen molar-refractivity contribution >= 4 is 23.5 Å². The molecule has 94 valence electrons. The summed E-state index contributed by atoms with van der Waals surface area (Å²) in [6.45, 7) is 1.96. The van der Waals surface area contributed by atoms with E-state index in [0.717, 1.165) is 11.3 Å². The molecule has 0 bridgehead atoms. The molecule has 1 heterocycles. The second kappa shape index (κ2) is 4.55. The molecule has 0 spiro atoms. The van der Waals surface area contributed by atoms with Crippen LogP contribution in [-0.2, 0) is 0 Å².